The zero-order valence-electron chi connectivity index (χ0n) is 11.8. The minimum Gasteiger partial charge on any atom is -0.327 e. The second-order valence-corrected chi connectivity index (χ2v) is 6.29. The molecular formula is C17H19BrFN. The lowest BCUT2D eigenvalue weighted by Crippen LogP contribution is -2.26. The summed E-state index contributed by atoms with van der Waals surface area (Å²) < 4.78 is 14.1. The lowest BCUT2D eigenvalue weighted by Gasteiger charge is -2.14. The summed E-state index contributed by atoms with van der Waals surface area (Å²) >= 11 is 3.31. The normalized spacial score (nSPS) is 12.4. The quantitative estimate of drug-likeness (QED) is 0.884. The standard InChI is InChI=1S/C17H19BrFN/c1-11-3-4-12(2)14(5-11)9-17(20)8-13-6-15(18)10-16(19)7-13/h3-7,10,17H,8-9,20H2,1-2H3. The van der Waals surface area contributed by atoms with Crippen LogP contribution in [-0.2, 0) is 12.8 Å². The predicted molar refractivity (Wildman–Crippen MR) is 85.4 cm³/mol. The average Bonchev–Trinajstić information content (AvgIpc) is 2.32. The minimum atomic E-state index is -0.228. The van der Waals surface area contributed by atoms with Gasteiger partial charge in [-0.3, -0.25) is 0 Å². The van der Waals surface area contributed by atoms with Crippen LogP contribution in [0.5, 0.6) is 0 Å². The van der Waals surface area contributed by atoms with Crippen LogP contribution in [0.2, 0.25) is 0 Å². The number of benzene rings is 2. The van der Waals surface area contributed by atoms with Crippen molar-refractivity contribution in [3.8, 4) is 0 Å². The molecule has 1 unspecified atom stereocenters. The minimum absolute atomic E-state index is 0.0100. The lowest BCUT2D eigenvalue weighted by molar-refractivity contribution is 0.616. The molecule has 0 saturated carbocycles. The first-order valence-electron chi connectivity index (χ1n) is 6.70. The zero-order chi connectivity index (χ0) is 14.7. The third-order valence-corrected chi connectivity index (χ3v) is 3.86. The predicted octanol–water partition coefficient (Wildman–Crippen LogP) is 4.32. The van der Waals surface area contributed by atoms with E-state index < -0.39 is 0 Å². The van der Waals surface area contributed by atoms with Crippen LogP contribution in [-0.4, -0.2) is 6.04 Å². The Balaban J connectivity index is 2.08. The molecule has 0 saturated heterocycles. The van der Waals surface area contributed by atoms with E-state index in [1.165, 1.54) is 22.8 Å². The molecule has 0 radical (unpaired) electrons. The summed E-state index contributed by atoms with van der Waals surface area (Å²) in [7, 11) is 0. The zero-order valence-corrected chi connectivity index (χ0v) is 13.4. The molecule has 3 heteroatoms. The molecule has 0 heterocycles. The highest BCUT2D eigenvalue weighted by atomic mass is 79.9. The Hall–Kier alpha value is -1.19. The van der Waals surface area contributed by atoms with Crippen LogP contribution >= 0.6 is 15.9 Å². The molecule has 2 aromatic rings. The Morgan fingerprint density at radius 3 is 2.55 bits per heavy atom. The van der Waals surface area contributed by atoms with Crippen molar-refractivity contribution in [3.05, 3.63) is 68.9 Å². The lowest BCUT2D eigenvalue weighted by atomic mass is 9.96. The number of halogens is 2. The fourth-order valence-electron chi connectivity index (χ4n) is 2.41. The van der Waals surface area contributed by atoms with Crippen molar-refractivity contribution < 1.29 is 4.39 Å². The summed E-state index contributed by atoms with van der Waals surface area (Å²) in [5, 5.41) is 0. The third kappa shape index (κ3) is 4.15. The summed E-state index contributed by atoms with van der Waals surface area (Å²) in [5.74, 6) is -0.228. The number of aryl methyl sites for hydroxylation is 2. The first kappa shape index (κ1) is 15.2. The van der Waals surface area contributed by atoms with Crippen LogP contribution in [0.25, 0.3) is 0 Å². The number of hydrogen-bond acceptors (Lipinski definition) is 1. The van der Waals surface area contributed by atoms with E-state index in [4.69, 9.17) is 5.73 Å². The van der Waals surface area contributed by atoms with Crippen LogP contribution in [0.15, 0.2) is 40.9 Å². The van der Waals surface area contributed by atoms with Crippen LogP contribution in [0.1, 0.15) is 22.3 Å². The smallest absolute Gasteiger partial charge is 0.124 e. The maximum Gasteiger partial charge on any atom is 0.124 e. The summed E-state index contributed by atoms with van der Waals surface area (Å²) in [4.78, 5) is 0. The highest BCUT2D eigenvalue weighted by Gasteiger charge is 2.09. The molecule has 0 aliphatic carbocycles. The third-order valence-electron chi connectivity index (χ3n) is 3.41. The first-order chi connectivity index (χ1) is 9.44. The van der Waals surface area contributed by atoms with Gasteiger partial charge in [-0.25, -0.2) is 4.39 Å². The van der Waals surface area contributed by atoms with Gasteiger partial charge in [-0.1, -0.05) is 39.7 Å². The van der Waals surface area contributed by atoms with Gasteiger partial charge < -0.3 is 5.73 Å². The van der Waals surface area contributed by atoms with E-state index >= 15 is 0 Å². The van der Waals surface area contributed by atoms with Gasteiger partial charge in [0.1, 0.15) is 5.82 Å². The topological polar surface area (TPSA) is 26.0 Å². The largest absolute Gasteiger partial charge is 0.327 e. The van der Waals surface area contributed by atoms with Crippen LogP contribution in [0, 0.1) is 19.7 Å². The van der Waals surface area contributed by atoms with Crippen molar-refractivity contribution in [2.24, 2.45) is 5.73 Å². The van der Waals surface area contributed by atoms with Gasteiger partial charge in [-0.05, 0) is 61.6 Å². The molecule has 2 aromatic carbocycles. The van der Waals surface area contributed by atoms with E-state index in [9.17, 15) is 4.39 Å². The molecule has 0 amide bonds. The second kappa shape index (κ2) is 6.51. The molecule has 1 nitrogen and oxygen atoms in total. The highest BCUT2D eigenvalue weighted by Crippen LogP contribution is 2.18. The van der Waals surface area contributed by atoms with Crippen molar-refractivity contribution in [2.75, 3.05) is 0 Å². The Morgan fingerprint density at radius 1 is 1.10 bits per heavy atom. The van der Waals surface area contributed by atoms with Crippen LogP contribution in [0.3, 0.4) is 0 Å². The molecule has 0 aliphatic rings. The number of hydrogen-bond donors (Lipinski definition) is 1. The SMILES string of the molecule is Cc1ccc(C)c(CC(N)Cc2cc(F)cc(Br)c2)c1. The molecule has 0 spiro atoms. The van der Waals surface area contributed by atoms with Gasteiger partial charge in [-0.2, -0.15) is 0 Å². The highest BCUT2D eigenvalue weighted by molar-refractivity contribution is 9.10. The van der Waals surface area contributed by atoms with Crippen molar-refractivity contribution >= 4 is 15.9 Å². The van der Waals surface area contributed by atoms with Gasteiger partial charge in [0.15, 0.2) is 0 Å². The Kier molecular flexibility index (Phi) is 4.95. The van der Waals surface area contributed by atoms with Gasteiger partial charge >= 0.3 is 0 Å². The fraction of sp³-hybridized carbons (Fsp3) is 0.294. The molecule has 20 heavy (non-hydrogen) atoms. The fourth-order valence-corrected chi connectivity index (χ4v) is 2.92. The molecule has 2 rings (SSSR count). The first-order valence-corrected chi connectivity index (χ1v) is 7.50. The molecule has 106 valence electrons. The van der Waals surface area contributed by atoms with Crippen molar-refractivity contribution in [3.63, 3.8) is 0 Å². The molecule has 0 aliphatic heterocycles. The van der Waals surface area contributed by atoms with Crippen molar-refractivity contribution in [1.29, 1.82) is 0 Å². The molecular weight excluding hydrogens is 317 g/mol. The monoisotopic (exact) mass is 335 g/mol. The van der Waals surface area contributed by atoms with Gasteiger partial charge in [0.2, 0.25) is 0 Å². The van der Waals surface area contributed by atoms with Gasteiger partial charge in [0.25, 0.3) is 0 Å². The number of rotatable bonds is 4. The van der Waals surface area contributed by atoms with Gasteiger partial charge in [0, 0.05) is 10.5 Å². The van der Waals surface area contributed by atoms with E-state index in [1.54, 1.807) is 6.07 Å². The Bertz CT molecular complexity index is 590. The van der Waals surface area contributed by atoms with E-state index in [-0.39, 0.29) is 11.9 Å². The summed E-state index contributed by atoms with van der Waals surface area (Å²) in [6.45, 7) is 4.18. The molecule has 0 bridgehead atoms. The summed E-state index contributed by atoms with van der Waals surface area (Å²) in [5.41, 5.74) is 10.9. The maximum absolute atomic E-state index is 13.4. The molecule has 0 fully saturated rings. The van der Waals surface area contributed by atoms with Crippen LogP contribution in [0.4, 0.5) is 4.39 Å². The van der Waals surface area contributed by atoms with E-state index in [0.717, 1.165) is 16.5 Å². The van der Waals surface area contributed by atoms with Crippen LogP contribution < -0.4 is 5.73 Å². The number of nitrogens with two attached hydrogens (primary N) is 1. The van der Waals surface area contributed by atoms with E-state index in [1.807, 2.05) is 6.07 Å². The molecule has 2 N–H and O–H groups in total. The van der Waals surface area contributed by atoms with Crippen molar-refractivity contribution in [2.45, 2.75) is 32.7 Å². The maximum atomic E-state index is 13.4. The average molecular weight is 336 g/mol. The summed E-state index contributed by atoms with van der Waals surface area (Å²) in [6.07, 6.45) is 1.48. The summed E-state index contributed by atoms with van der Waals surface area (Å²) in [6, 6.07) is 11.3. The Morgan fingerprint density at radius 2 is 1.85 bits per heavy atom. The Labute approximate surface area is 128 Å². The molecule has 0 aromatic heterocycles. The second-order valence-electron chi connectivity index (χ2n) is 5.38. The van der Waals surface area contributed by atoms with Crippen molar-refractivity contribution in [1.82, 2.24) is 0 Å². The van der Waals surface area contributed by atoms with Gasteiger partial charge in [0.05, 0.1) is 0 Å². The molecule has 1 atom stereocenters. The van der Waals surface area contributed by atoms with E-state index in [2.05, 4.69) is 48.0 Å². The van der Waals surface area contributed by atoms with E-state index in [0.29, 0.717) is 6.42 Å². The van der Waals surface area contributed by atoms with Gasteiger partial charge in [-0.15, -0.1) is 0 Å².